The van der Waals surface area contributed by atoms with Crippen LogP contribution < -0.4 is 10.6 Å². The number of aromatic carboxylic acids is 1. The number of amides is 2. The maximum Gasteiger partial charge on any atom is 0.407 e. The molecule has 1 aliphatic carbocycles. The average Bonchev–Trinajstić information content (AvgIpc) is 3.46. The van der Waals surface area contributed by atoms with Gasteiger partial charge < -0.3 is 20.5 Å². The van der Waals surface area contributed by atoms with Gasteiger partial charge in [-0.15, -0.1) is 5.10 Å². The molecule has 3 N–H and O–H groups in total. The number of hydrogen-bond acceptors (Lipinski definition) is 6. The van der Waals surface area contributed by atoms with Crippen LogP contribution in [0.2, 0.25) is 0 Å². The zero-order chi connectivity index (χ0) is 24.8. The summed E-state index contributed by atoms with van der Waals surface area (Å²) in [5, 5.41) is 21.5. The second kappa shape index (κ2) is 10.8. The lowest BCUT2D eigenvalue weighted by Gasteiger charge is -2.19. The fourth-order valence-electron chi connectivity index (χ4n) is 4.26. The largest absolute Gasteiger partial charge is 0.476 e. The van der Waals surface area contributed by atoms with Crippen molar-refractivity contribution in [3.63, 3.8) is 0 Å². The first-order valence-corrected chi connectivity index (χ1v) is 11.5. The number of aromatic nitrogens is 3. The van der Waals surface area contributed by atoms with E-state index in [9.17, 15) is 14.4 Å². The van der Waals surface area contributed by atoms with Gasteiger partial charge in [0.05, 0.1) is 12.7 Å². The van der Waals surface area contributed by atoms with Crippen LogP contribution in [0.25, 0.3) is 11.1 Å². The van der Waals surface area contributed by atoms with E-state index in [-0.39, 0.29) is 37.2 Å². The van der Waals surface area contributed by atoms with E-state index in [0.717, 1.165) is 22.3 Å². The Morgan fingerprint density at radius 1 is 1.09 bits per heavy atom. The van der Waals surface area contributed by atoms with Crippen LogP contribution in [0, 0.1) is 0 Å². The molecule has 0 spiro atoms. The molecule has 1 aliphatic rings. The van der Waals surface area contributed by atoms with Crippen molar-refractivity contribution in [2.75, 3.05) is 13.2 Å². The molecule has 2 aromatic carbocycles. The van der Waals surface area contributed by atoms with Gasteiger partial charge in [-0.3, -0.25) is 4.79 Å². The molecule has 35 heavy (non-hydrogen) atoms. The Morgan fingerprint density at radius 3 is 2.34 bits per heavy atom. The summed E-state index contributed by atoms with van der Waals surface area (Å²) in [6.07, 6.45) is 1.77. The van der Waals surface area contributed by atoms with E-state index >= 15 is 0 Å². The highest BCUT2D eigenvalue weighted by atomic mass is 16.5. The third-order valence-electron chi connectivity index (χ3n) is 5.93. The topological polar surface area (TPSA) is 135 Å². The molecule has 10 nitrogen and oxygen atoms in total. The molecule has 182 valence electrons. The standard InChI is InChI=1S/C25H27N5O5/c1-2-7-21(23(31)26-12-13-30-14-22(24(32)33)28-29-30)27-25(34)35-15-20-18-10-5-3-8-16(18)17-9-4-6-11-19(17)20/h3-6,8-11,14,20-21H,2,7,12-13,15H2,1H3,(H,26,31)(H,27,34)(H,32,33)/t21-/m1/s1. The van der Waals surface area contributed by atoms with E-state index in [1.54, 1.807) is 0 Å². The smallest absolute Gasteiger partial charge is 0.407 e. The van der Waals surface area contributed by atoms with Gasteiger partial charge in [0.15, 0.2) is 5.69 Å². The maximum atomic E-state index is 12.6. The second-order valence-electron chi connectivity index (χ2n) is 8.27. The van der Waals surface area contributed by atoms with Crippen LogP contribution in [0.3, 0.4) is 0 Å². The van der Waals surface area contributed by atoms with Gasteiger partial charge in [-0.1, -0.05) is 67.1 Å². The molecule has 0 fully saturated rings. The van der Waals surface area contributed by atoms with E-state index in [4.69, 9.17) is 9.84 Å². The lowest BCUT2D eigenvalue weighted by Crippen LogP contribution is -2.47. The summed E-state index contributed by atoms with van der Waals surface area (Å²) < 4.78 is 6.89. The summed E-state index contributed by atoms with van der Waals surface area (Å²) in [7, 11) is 0. The summed E-state index contributed by atoms with van der Waals surface area (Å²) in [5.74, 6) is -1.58. The molecule has 1 heterocycles. The van der Waals surface area contributed by atoms with E-state index in [0.29, 0.717) is 12.8 Å². The van der Waals surface area contributed by atoms with Crippen molar-refractivity contribution in [1.82, 2.24) is 25.6 Å². The Morgan fingerprint density at radius 2 is 1.74 bits per heavy atom. The molecule has 3 aromatic rings. The fraction of sp³-hybridized carbons (Fsp3) is 0.320. The predicted octanol–water partition coefficient (Wildman–Crippen LogP) is 2.80. The zero-order valence-electron chi connectivity index (χ0n) is 19.3. The maximum absolute atomic E-state index is 12.6. The normalized spacial score (nSPS) is 12.9. The Hall–Kier alpha value is -4.21. The molecule has 0 saturated heterocycles. The first kappa shape index (κ1) is 23.9. The van der Waals surface area contributed by atoms with Gasteiger partial charge in [0, 0.05) is 12.5 Å². The third kappa shape index (κ3) is 5.48. The molecule has 0 saturated carbocycles. The number of alkyl carbamates (subject to hydrolysis) is 1. The number of nitrogens with zero attached hydrogens (tertiary/aromatic N) is 3. The van der Waals surface area contributed by atoms with Gasteiger partial charge in [-0.25, -0.2) is 14.3 Å². The average molecular weight is 478 g/mol. The summed E-state index contributed by atoms with van der Waals surface area (Å²) >= 11 is 0. The van der Waals surface area contributed by atoms with E-state index in [1.807, 2.05) is 43.3 Å². The van der Waals surface area contributed by atoms with Crippen LogP contribution in [-0.2, 0) is 16.1 Å². The minimum atomic E-state index is -1.17. The lowest BCUT2D eigenvalue weighted by molar-refractivity contribution is -0.123. The monoisotopic (exact) mass is 477 g/mol. The van der Waals surface area contributed by atoms with E-state index in [2.05, 4.69) is 33.1 Å². The fourth-order valence-corrected chi connectivity index (χ4v) is 4.26. The molecule has 0 aliphatic heterocycles. The number of hydrogen-bond donors (Lipinski definition) is 3. The summed E-state index contributed by atoms with van der Waals surface area (Å²) in [6.45, 7) is 2.53. The molecule has 0 radical (unpaired) electrons. The zero-order valence-corrected chi connectivity index (χ0v) is 19.3. The highest BCUT2D eigenvalue weighted by molar-refractivity contribution is 5.86. The van der Waals surface area contributed by atoms with Crippen LogP contribution in [0.5, 0.6) is 0 Å². The Labute approximate surface area is 202 Å². The molecule has 1 atom stereocenters. The number of benzene rings is 2. The predicted molar refractivity (Wildman–Crippen MR) is 127 cm³/mol. The van der Waals surface area contributed by atoms with E-state index < -0.39 is 18.1 Å². The van der Waals surface area contributed by atoms with Gasteiger partial charge in [0.2, 0.25) is 5.91 Å². The van der Waals surface area contributed by atoms with Crippen molar-refractivity contribution in [3.05, 3.63) is 71.5 Å². The summed E-state index contributed by atoms with van der Waals surface area (Å²) in [4.78, 5) is 36.1. The number of ether oxygens (including phenoxy) is 1. The SMILES string of the molecule is CCC[C@@H](NC(=O)OCC1c2ccccc2-c2ccccc21)C(=O)NCCn1cc(C(=O)O)nn1. The van der Waals surface area contributed by atoms with Crippen molar-refractivity contribution in [1.29, 1.82) is 0 Å². The molecule has 10 heteroatoms. The number of carboxylic acids is 1. The highest BCUT2D eigenvalue weighted by Gasteiger charge is 2.29. The van der Waals surface area contributed by atoms with Crippen LogP contribution in [0.1, 0.15) is 47.3 Å². The van der Waals surface area contributed by atoms with Crippen molar-refractivity contribution < 1.29 is 24.2 Å². The van der Waals surface area contributed by atoms with Gasteiger partial charge in [-0.05, 0) is 28.7 Å². The number of carbonyl (C=O) groups is 3. The van der Waals surface area contributed by atoms with Gasteiger partial charge >= 0.3 is 12.1 Å². The molecular weight excluding hydrogens is 450 g/mol. The number of fused-ring (bicyclic) bond motifs is 3. The molecule has 0 bridgehead atoms. The van der Waals surface area contributed by atoms with Crippen molar-refractivity contribution >= 4 is 18.0 Å². The number of carboxylic acid groups (broad SMARTS) is 1. The first-order valence-electron chi connectivity index (χ1n) is 11.5. The van der Waals surface area contributed by atoms with Gasteiger partial charge in [0.25, 0.3) is 0 Å². The molecule has 1 aromatic heterocycles. The summed E-state index contributed by atoms with van der Waals surface area (Å²) in [6, 6.07) is 15.4. The number of carbonyl (C=O) groups excluding carboxylic acids is 2. The van der Waals surface area contributed by atoms with Crippen molar-refractivity contribution in [2.45, 2.75) is 38.3 Å². The van der Waals surface area contributed by atoms with E-state index in [1.165, 1.54) is 10.9 Å². The molecule has 4 rings (SSSR count). The molecule has 0 unspecified atom stereocenters. The number of rotatable bonds is 10. The van der Waals surface area contributed by atoms with Crippen LogP contribution >= 0.6 is 0 Å². The Balaban J connectivity index is 1.31. The molecule has 2 amide bonds. The van der Waals surface area contributed by atoms with Gasteiger partial charge in [-0.2, -0.15) is 0 Å². The number of nitrogens with one attached hydrogen (secondary N) is 2. The van der Waals surface area contributed by atoms with Crippen LogP contribution in [0.15, 0.2) is 54.7 Å². The third-order valence-corrected chi connectivity index (χ3v) is 5.93. The highest BCUT2D eigenvalue weighted by Crippen LogP contribution is 2.44. The molecular formula is C25H27N5O5. The van der Waals surface area contributed by atoms with Gasteiger partial charge in [0.1, 0.15) is 12.6 Å². The first-order chi connectivity index (χ1) is 17.0. The summed E-state index contributed by atoms with van der Waals surface area (Å²) in [5.41, 5.74) is 4.34. The Bertz CT molecular complexity index is 1180. The quantitative estimate of drug-likeness (QED) is 0.409. The van der Waals surface area contributed by atoms with Crippen molar-refractivity contribution in [2.24, 2.45) is 0 Å². The minimum Gasteiger partial charge on any atom is -0.476 e. The minimum absolute atomic E-state index is 0.0648. The Kier molecular flexibility index (Phi) is 7.39. The van der Waals surface area contributed by atoms with Crippen molar-refractivity contribution in [3.8, 4) is 11.1 Å². The second-order valence-corrected chi connectivity index (χ2v) is 8.27. The van der Waals surface area contributed by atoms with Crippen LogP contribution in [0.4, 0.5) is 4.79 Å². The lowest BCUT2D eigenvalue weighted by atomic mass is 9.98. The van der Waals surface area contributed by atoms with Crippen LogP contribution in [-0.4, -0.2) is 57.3 Å².